The molecule has 1 amide bonds. The molecule has 2 heterocycles. The Balaban J connectivity index is 1.40. The molecule has 0 bridgehead atoms. The third kappa shape index (κ3) is 5.30. The van der Waals surface area contributed by atoms with Gasteiger partial charge in [-0.2, -0.15) is 0 Å². The molecule has 1 aliphatic heterocycles. The van der Waals surface area contributed by atoms with Gasteiger partial charge in [-0.3, -0.25) is 4.79 Å². The Kier molecular flexibility index (Phi) is 6.51. The Bertz CT molecular complexity index is 1060. The number of benzene rings is 2. The van der Waals surface area contributed by atoms with E-state index in [1.54, 1.807) is 24.9 Å². The number of rotatable bonds is 6. The molecule has 1 atom stereocenters. The van der Waals surface area contributed by atoms with Crippen molar-refractivity contribution in [3.8, 4) is 5.75 Å². The topological polar surface area (TPSA) is 55.6 Å². The van der Waals surface area contributed by atoms with Gasteiger partial charge in [0.1, 0.15) is 17.3 Å². The van der Waals surface area contributed by atoms with Gasteiger partial charge >= 0.3 is 0 Å². The first-order valence-corrected chi connectivity index (χ1v) is 11.1. The molecule has 5 nitrogen and oxygen atoms in total. The Morgan fingerprint density at radius 2 is 1.94 bits per heavy atom. The number of oxazole rings is 1. The fourth-order valence-electron chi connectivity index (χ4n) is 3.98. The summed E-state index contributed by atoms with van der Waals surface area (Å²) in [6.07, 6.45) is 4.16. The molecule has 0 aliphatic carbocycles. The van der Waals surface area contributed by atoms with Crippen LogP contribution in [0.4, 0.5) is 4.39 Å². The van der Waals surface area contributed by atoms with Crippen molar-refractivity contribution in [1.29, 1.82) is 0 Å². The van der Waals surface area contributed by atoms with Crippen LogP contribution < -0.4 is 4.74 Å². The number of aromatic nitrogens is 1. The van der Waals surface area contributed by atoms with Crippen molar-refractivity contribution < 1.29 is 18.3 Å². The van der Waals surface area contributed by atoms with Gasteiger partial charge in [0.25, 0.3) is 5.91 Å². The molecule has 1 fully saturated rings. The van der Waals surface area contributed by atoms with Crippen LogP contribution >= 0.6 is 11.6 Å². The van der Waals surface area contributed by atoms with Crippen molar-refractivity contribution in [1.82, 2.24) is 9.88 Å². The average Bonchev–Trinajstić information content (AvgIpc) is 3.25. The SMILES string of the molecule is CC(C)(Oc1ccc(F)cc1)C(=O)N1CCCC(c2ncc(Cc3ccc(Cl)cc3)o2)C1. The monoisotopic (exact) mass is 456 g/mol. The second-order valence-corrected chi connectivity index (χ2v) is 9.06. The lowest BCUT2D eigenvalue weighted by Crippen LogP contribution is -2.51. The molecule has 168 valence electrons. The number of carbonyl (C=O) groups excluding carboxylic acids is 1. The van der Waals surface area contributed by atoms with E-state index in [9.17, 15) is 9.18 Å². The van der Waals surface area contributed by atoms with Gasteiger partial charge in [-0.1, -0.05) is 23.7 Å². The molecule has 1 saturated heterocycles. The molecule has 2 aromatic carbocycles. The van der Waals surface area contributed by atoms with E-state index in [2.05, 4.69) is 4.98 Å². The fourth-order valence-corrected chi connectivity index (χ4v) is 4.11. The van der Waals surface area contributed by atoms with E-state index in [0.29, 0.717) is 36.2 Å². The van der Waals surface area contributed by atoms with Crippen molar-refractivity contribution in [2.75, 3.05) is 13.1 Å². The van der Waals surface area contributed by atoms with Crippen LogP contribution in [-0.4, -0.2) is 34.5 Å². The van der Waals surface area contributed by atoms with Gasteiger partial charge in [-0.05, 0) is 68.7 Å². The van der Waals surface area contributed by atoms with Crippen LogP contribution in [0.5, 0.6) is 5.75 Å². The van der Waals surface area contributed by atoms with Gasteiger partial charge in [-0.15, -0.1) is 0 Å². The smallest absolute Gasteiger partial charge is 0.266 e. The highest BCUT2D eigenvalue weighted by atomic mass is 35.5. The lowest BCUT2D eigenvalue weighted by Gasteiger charge is -2.36. The zero-order valence-corrected chi connectivity index (χ0v) is 18.9. The van der Waals surface area contributed by atoms with Crippen molar-refractivity contribution >= 4 is 17.5 Å². The molecule has 0 saturated carbocycles. The number of piperidine rings is 1. The molecule has 1 aliphatic rings. The van der Waals surface area contributed by atoms with E-state index in [1.165, 1.54) is 24.3 Å². The number of hydrogen-bond acceptors (Lipinski definition) is 4. The molecule has 0 N–H and O–H groups in total. The van der Waals surface area contributed by atoms with E-state index in [1.807, 2.05) is 24.3 Å². The molecule has 0 spiro atoms. The standard InChI is InChI=1S/C25H26ClFN2O3/c1-25(2,32-21-11-9-20(27)10-12-21)24(30)29-13-3-4-18(16-29)23-28-15-22(31-23)14-17-5-7-19(26)8-6-17/h5-12,15,18H,3-4,13-14,16H2,1-2H3. The van der Waals surface area contributed by atoms with Gasteiger partial charge in [0.15, 0.2) is 11.5 Å². The van der Waals surface area contributed by atoms with Gasteiger partial charge < -0.3 is 14.1 Å². The minimum Gasteiger partial charge on any atom is -0.478 e. The van der Waals surface area contributed by atoms with Gasteiger partial charge in [0, 0.05) is 24.5 Å². The average molecular weight is 457 g/mol. The van der Waals surface area contributed by atoms with Crippen LogP contribution in [0.3, 0.4) is 0 Å². The number of halogens is 2. The Hall–Kier alpha value is -2.86. The predicted molar refractivity (Wildman–Crippen MR) is 120 cm³/mol. The maximum Gasteiger partial charge on any atom is 0.266 e. The Morgan fingerprint density at radius 3 is 2.66 bits per heavy atom. The normalized spacial score (nSPS) is 16.8. The summed E-state index contributed by atoms with van der Waals surface area (Å²) in [4.78, 5) is 19.5. The van der Waals surface area contributed by atoms with E-state index < -0.39 is 5.60 Å². The number of likely N-dealkylation sites (tertiary alicyclic amines) is 1. The van der Waals surface area contributed by atoms with Crippen LogP contribution in [0.25, 0.3) is 0 Å². The molecule has 1 aromatic heterocycles. The lowest BCUT2D eigenvalue weighted by atomic mass is 9.96. The minimum absolute atomic E-state index is 0.0355. The largest absolute Gasteiger partial charge is 0.478 e. The molecule has 0 radical (unpaired) electrons. The van der Waals surface area contributed by atoms with Gasteiger partial charge in [-0.25, -0.2) is 9.37 Å². The van der Waals surface area contributed by atoms with Crippen LogP contribution in [0, 0.1) is 5.82 Å². The van der Waals surface area contributed by atoms with E-state index in [0.717, 1.165) is 24.2 Å². The molecular formula is C25H26ClFN2O3. The molecule has 4 rings (SSSR count). The molecular weight excluding hydrogens is 431 g/mol. The minimum atomic E-state index is -1.07. The summed E-state index contributed by atoms with van der Waals surface area (Å²) in [6, 6.07) is 13.3. The number of nitrogens with zero attached hydrogens (tertiary/aromatic N) is 2. The lowest BCUT2D eigenvalue weighted by molar-refractivity contribution is -0.146. The first-order chi connectivity index (χ1) is 15.3. The maximum absolute atomic E-state index is 13.2. The molecule has 1 unspecified atom stereocenters. The van der Waals surface area contributed by atoms with Gasteiger partial charge in [0.2, 0.25) is 0 Å². The van der Waals surface area contributed by atoms with E-state index >= 15 is 0 Å². The summed E-state index contributed by atoms with van der Waals surface area (Å²) in [5, 5.41) is 0.699. The van der Waals surface area contributed by atoms with Crippen LogP contribution in [-0.2, 0) is 11.2 Å². The highest BCUT2D eigenvalue weighted by Gasteiger charge is 2.37. The van der Waals surface area contributed by atoms with E-state index in [4.69, 9.17) is 20.8 Å². The zero-order chi connectivity index (χ0) is 22.7. The first kappa shape index (κ1) is 22.3. The summed E-state index contributed by atoms with van der Waals surface area (Å²) in [5.41, 5.74) is 0.0213. The van der Waals surface area contributed by atoms with Crippen molar-refractivity contribution in [3.63, 3.8) is 0 Å². The zero-order valence-electron chi connectivity index (χ0n) is 18.2. The maximum atomic E-state index is 13.2. The third-order valence-electron chi connectivity index (χ3n) is 5.62. The summed E-state index contributed by atoms with van der Waals surface area (Å²) < 4.78 is 25.1. The summed E-state index contributed by atoms with van der Waals surface area (Å²) in [7, 11) is 0. The Labute approximate surface area is 192 Å². The highest BCUT2D eigenvalue weighted by Crippen LogP contribution is 2.30. The number of carbonyl (C=O) groups is 1. The molecule has 3 aromatic rings. The van der Waals surface area contributed by atoms with Crippen molar-refractivity contribution in [2.24, 2.45) is 0 Å². The summed E-state index contributed by atoms with van der Waals surface area (Å²) >= 11 is 5.95. The number of amides is 1. The number of hydrogen-bond donors (Lipinski definition) is 0. The second kappa shape index (κ2) is 9.33. The summed E-state index contributed by atoms with van der Waals surface area (Å²) in [6.45, 7) is 4.65. The van der Waals surface area contributed by atoms with E-state index in [-0.39, 0.29) is 17.6 Å². The Morgan fingerprint density at radius 1 is 1.22 bits per heavy atom. The fraction of sp³-hybridized carbons (Fsp3) is 0.360. The number of ether oxygens (including phenoxy) is 1. The highest BCUT2D eigenvalue weighted by molar-refractivity contribution is 6.30. The summed E-state index contributed by atoms with van der Waals surface area (Å²) in [5.74, 6) is 1.47. The first-order valence-electron chi connectivity index (χ1n) is 10.7. The van der Waals surface area contributed by atoms with Crippen molar-refractivity contribution in [2.45, 2.75) is 44.6 Å². The second-order valence-electron chi connectivity index (χ2n) is 8.62. The predicted octanol–water partition coefficient (Wildman–Crippen LogP) is 5.62. The van der Waals surface area contributed by atoms with Crippen LogP contribution in [0.1, 0.15) is 49.8 Å². The van der Waals surface area contributed by atoms with Gasteiger partial charge in [0.05, 0.1) is 12.1 Å². The third-order valence-corrected chi connectivity index (χ3v) is 5.87. The quantitative estimate of drug-likeness (QED) is 0.483. The van der Waals surface area contributed by atoms with Crippen molar-refractivity contribution in [3.05, 3.63) is 82.8 Å². The molecule has 32 heavy (non-hydrogen) atoms. The van der Waals surface area contributed by atoms with Crippen LogP contribution in [0.15, 0.2) is 59.1 Å². The molecule has 7 heteroatoms. The van der Waals surface area contributed by atoms with Crippen LogP contribution in [0.2, 0.25) is 5.02 Å².